The quantitative estimate of drug-likeness (QED) is 0.848. The molecule has 21 heavy (non-hydrogen) atoms. The standard InChI is InChI=1S/C15H17N5O/c1-3-17-14-13(21-2)15(19-10-18-14)20-12-6-4-11(5-7-12)8-9-16/h4-7,10H,3,8H2,1-2H3,(H2,17,18,19,20). The molecule has 1 aromatic carbocycles. The van der Waals surface area contributed by atoms with Gasteiger partial charge >= 0.3 is 0 Å². The first-order chi connectivity index (χ1) is 10.3. The van der Waals surface area contributed by atoms with Gasteiger partial charge in [-0.1, -0.05) is 12.1 Å². The molecule has 0 aliphatic carbocycles. The third-order valence-electron chi connectivity index (χ3n) is 2.85. The lowest BCUT2D eigenvalue weighted by molar-refractivity contribution is 0.415. The average molecular weight is 283 g/mol. The molecular weight excluding hydrogens is 266 g/mol. The molecule has 6 nitrogen and oxygen atoms in total. The minimum Gasteiger partial charge on any atom is -0.490 e. The number of nitrogens with zero attached hydrogens (tertiary/aromatic N) is 3. The fourth-order valence-electron chi connectivity index (χ4n) is 1.88. The summed E-state index contributed by atoms with van der Waals surface area (Å²) in [7, 11) is 1.58. The minimum atomic E-state index is 0.404. The van der Waals surface area contributed by atoms with Gasteiger partial charge < -0.3 is 15.4 Å². The second-order valence-electron chi connectivity index (χ2n) is 4.29. The highest BCUT2D eigenvalue weighted by Crippen LogP contribution is 2.31. The third kappa shape index (κ3) is 3.60. The van der Waals surface area contributed by atoms with Crippen LogP contribution in [0.4, 0.5) is 17.3 Å². The number of benzene rings is 1. The van der Waals surface area contributed by atoms with Crippen LogP contribution in [0.3, 0.4) is 0 Å². The van der Waals surface area contributed by atoms with Crippen LogP contribution >= 0.6 is 0 Å². The van der Waals surface area contributed by atoms with Gasteiger partial charge in [-0.15, -0.1) is 0 Å². The molecule has 2 aromatic rings. The van der Waals surface area contributed by atoms with Gasteiger partial charge in [0.1, 0.15) is 6.33 Å². The zero-order chi connectivity index (χ0) is 15.1. The lowest BCUT2D eigenvalue weighted by Gasteiger charge is -2.13. The summed E-state index contributed by atoms with van der Waals surface area (Å²) in [5.41, 5.74) is 1.85. The first-order valence-electron chi connectivity index (χ1n) is 6.64. The average Bonchev–Trinajstić information content (AvgIpc) is 2.50. The summed E-state index contributed by atoms with van der Waals surface area (Å²) >= 11 is 0. The largest absolute Gasteiger partial charge is 0.490 e. The van der Waals surface area contributed by atoms with Crippen molar-refractivity contribution in [3.63, 3.8) is 0 Å². The van der Waals surface area contributed by atoms with Crippen LogP contribution in [-0.2, 0) is 6.42 Å². The van der Waals surface area contributed by atoms with Crippen molar-refractivity contribution in [2.24, 2.45) is 0 Å². The maximum Gasteiger partial charge on any atom is 0.204 e. The van der Waals surface area contributed by atoms with E-state index in [0.717, 1.165) is 17.8 Å². The molecule has 0 amide bonds. The van der Waals surface area contributed by atoms with Crippen LogP contribution in [0.1, 0.15) is 12.5 Å². The predicted octanol–water partition coefficient (Wildman–Crippen LogP) is 2.73. The highest BCUT2D eigenvalue weighted by Gasteiger charge is 2.11. The van der Waals surface area contributed by atoms with Gasteiger partial charge in [0.15, 0.2) is 11.6 Å². The van der Waals surface area contributed by atoms with Gasteiger partial charge in [-0.2, -0.15) is 5.26 Å². The molecule has 0 saturated carbocycles. The molecule has 1 heterocycles. The summed E-state index contributed by atoms with van der Waals surface area (Å²) in [6, 6.07) is 9.75. The van der Waals surface area contributed by atoms with E-state index in [1.165, 1.54) is 6.33 Å². The van der Waals surface area contributed by atoms with Crippen molar-refractivity contribution in [3.05, 3.63) is 36.2 Å². The van der Waals surface area contributed by atoms with Crippen LogP contribution in [0.5, 0.6) is 5.75 Å². The summed E-state index contributed by atoms with van der Waals surface area (Å²) < 4.78 is 5.37. The minimum absolute atomic E-state index is 0.404. The molecule has 0 unspecified atom stereocenters. The van der Waals surface area contributed by atoms with Crippen molar-refractivity contribution < 1.29 is 4.74 Å². The number of methoxy groups -OCH3 is 1. The van der Waals surface area contributed by atoms with E-state index in [4.69, 9.17) is 10.00 Å². The zero-order valence-electron chi connectivity index (χ0n) is 12.1. The number of hydrogen-bond donors (Lipinski definition) is 2. The Kier molecular flexibility index (Phi) is 4.94. The van der Waals surface area contributed by atoms with Gasteiger partial charge in [0, 0.05) is 12.2 Å². The SMILES string of the molecule is CCNc1ncnc(Nc2ccc(CC#N)cc2)c1OC. The van der Waals surface area contributed by atoms with E-state index in [1.54, 1.807) is 7.11 Å². The van der Waals surface area contributed by atoms with Gasteiger partial charge in [0.2, 0.25) is 5.75 Å². The van der Waals surface area contributed by atoms with Gasteiger partial charge in [0.05, 0.1) is 19.6 Å². The third-order valence-corrected chi connectivity index (χ3v) is 2.85. The molecule has 0 saturated heterocycles. The highest BCUT2D eigenvalue weighted by molar-refractivity contribution is 5.69. The van der Waals surface area contributed by atoms with Gasteiger partial charge in [-0.05, 0) is 24.6 Å². The van der Waals surface area contributed by atoms with Gasteiger partial charge in [0.25, 0.3) is 0 Å². The lowest BCUT2D eigenvalue weighted by atomic mass is 10.1. The fraction of sp³-hybridized carbons (Fsp3) is 0.267. The number of anilines is 3. The van der Waals surface area contributed by atoms with Gasteiger partial charge in [-0.25, -0.2) is 9.97 Å². The molecule has 2 N–H and O–H groups in total. The van der Waals surface area contributed by atoms with E-state index in [9.17, 15) is 0 Å². The molecule has 0 atom stereocenters. The molecule has 2 rings (SSSR count). The van der Waals surface area contributed by atoms with E-state index in [0.29, 0.717) is 23.8 Å². The van der Waals surface area contributed by atoms with Crippen molar-refractivity contribution in [3.8, 4) is 11.8 Å². The van der Waals surface area contributed by atoms with E-state index >= 15 is 0 Å². The second-order valence-corrected chi connectivity index (χ2v) is 4.29. The van der Waals surface area contributed by atoms with Crippen LogP contribution in [0.15, 0.2) is 30.6 Å². The Morgan fingerprint density at radius 1 is 1.19 bits per heavy atom. The molecule has 0 bridgehead atoms. The van der Waals surface area contributed by atoms with Crippen LogP contribution in [0, 0.1) is 11.3 Å². The summed E-state index contributed by atoms with van der Waals surface area (Å²) in [6.45, 7) is 2.73. The number of aromatic nitrogens is 2. The molecule has 0 aliphatic rings. The highest BCUT2D eigenvalue weighted by atomic mass is 16.5. The maximum atomic E-state index is 8.67. The number of nitriles is 1. The smallest absolute Gasteiger partial charge is 0.204 e. The summed E-state index contributed by atoms with van der Waals surface area (Å²) in [4.78, 5) is 8.36. The van der Waals surface area contributed by atoms with Crippen molar-refractivity contribution in [2.75, 3.05) is 24.3 Å². The van der Waals surface area contributed by atoms with E-state index in [2.05, 4.69) is 26.7 Å². The molecule has 0 spiro atoms. The Morgan fingerprint density at radius 3 is 2.52 bits per heavy atom. The molecule has 0 aliphatic heterocycles. The van der Waals surface area contributed by atoms with E-state index < -0.39 is 0 Å². The summed E-state index contributed by atoms with van der Waals surface area (Å²) in [6.07, 6.45) is 1.88. The molecule has 1 aromatic heterocycles. The van der Waals surface area contributed by atoms with E-state index in [-0.39, 0.29) is 0 Å². The second kappa shape index (κ2) is 7.10. The first kappa shape index (κ1) is 14.6. The van der Waals surface area contributed by atoms with Crippen molar-refractivity contribution in [1.29, 1.82) is 5.26 Å². The maximum absolute atomic E-state index is 8.67. The molecular formula is C15H17N5O. The Labute approximate surface area is 123 Å². The number of hydrogen-bond acceptors (Lipinski definition) is 6. The van der Waals surface area contributed by atoms with Crippen molar-refractivity contribution in [1.82, 2.24) is 9.97 Å². The van der Waals surface area contributed by atoms with E-state index in [1.807, 2.05) is 31.2 Å². The monoisotopic (exact) mass is 283 g/mol. The molecule has 6 heteroatoms. The molecule has 0 fully saturated rings. The lowest BCUT2D eigenvalue weighted by Crippen LogP contribution is -2.05. The van der Waals surface area contributed by atoms with Crippen LogP contribution < -0.4 is 15.4 Å². The van der Waals surface area contributed by atoms with Crippen LogP contribution in [0.2, 0.25) is 0 Å². The molecule has 0 radical (unpaired) electrons. The Hall–Kier alpha value is -2.81. The zero-order valence-corrected chi connectivity index (χ0v) is 12.1. The predicted molar refractivity (Wildman–Crippen MR) is 81.8 cm³/mol. The fourth-order valence-corrected chi connectivity index (χ4v) is 1.88. The number of nitrogens with one attached hydrogen (secondary N) is 2. The van der Waals surface area contributed by atoms with Crippen LogP contribution in [-0.4, -0.2) is 23.6 Å². The molecule has 108 valence electrons. The van der Waals surface area contributed by atoms with Crippen LogP contribution in [0.25, 0.3) is 0 Å². The van der Waals surface area contributed by atoms with Crippen molar-refractivity contribution >= 4 is 17.3 Å². The number of rotatable bonds is 6. The Bertz CT molecular complexity index is 634. The summed E-state index contributed by atoms with van der Waals surface area (Å²) in [5.74, 6) is 1.82. The Balaban J connectivity index is 2.22. The summed E-state index contributed by atoms with van der Waals surface area (Å²) in [5, 5.41) is 15.0. The normalized spacial score (nSPS) is 9.76. The topological polar surface area (TPSA) is 82.9 Å². The Morgan fingerprint density at radius 2 is 1.90 bits per heavy atom. The van der Waals surface area contributed by atoms with Gasteiger partial charge in [-0.3, -0.25) is 0 Å². The van der Waals surface area contributed by atoms with Crippen molar-refractivity contribution in [2.45, 2.75) is 13.3 Å². The number of ether oxygens (including phenoxy) is 1. The first-order valence-corrected chi connectivity index (χ1v) is 6.64.